The maximum Gasteiger partial charge on any atom is 0.340 e. The molecule has 0 unspecified atom stereocenters. The summed E-state index contributed by atoms with van der Waals surface area (Å²) >= 11 is 0. The van der Waals surface area contributed by atoms with Gasteiger partial charge < -0.3 is 19.5 Å². The van der Waals surface area contributed by atoms with Gasteiger partial charge in [0.2, 0.25) is 0 Å². The first-order valence-electron chi connectivity index (χ1n) is 8.59. The molecule has 1 aromatic carbocycles. The minimum Gasteiger partial charge on any atom is -0.504 e. The molecule has 6 heteroatoms. The summed E-state index contributed by atoms with van der Waals surface area (Å²) in [4.78, 5) is 27.0. The van der Waals surface area contributed by atoms with Crippen molar-refractivity contribution in [3.63, 3.8) is 0 Å². The van der Waals surface area contributed by atoms with E-state index in [9.17, 15) is 14.7 Å². The zero-order chi connectivity index (χ0) is 19.4. The molecule has 0 aromatic heterocycles. The number of nitrogens with zero attached hydrogens (tertiary/aromatic N) is 1. The molecule has 1 amide bonds. The van der Waals surface area contributed by atoms with E-state index in [4.69, 9.17) is 9.47 Å². The number of allylic oxidation sites excluding steroid dienone is 1. The van der Waals surface area contributed by atoms with Crippen LogP contribution in [0.15, 0.2) is 35.0 Å². The van der Waals surface area contributed by atoms with Crippen molar-refractivity contribution < 1.29 is 24.2 Å². The third-order valence-corrected chi connectivity index (χ3v) is 4.09. The first-order valence-corrected chi connectivity index (χ1v) is 8.59. The summed E-state index contributed by atoms with van der Waals surface area (Å²) in [5.41, 5.74) is 1.41. The zero-order valence-corrected chi connectivity index (χ0v) is 15.8. The van der Waals surface area contributed by atoms with Gasteiger partial charge in [-0.05, 0) is 31.9 Å². The average Bonchev–Trinajstić information content (AvgIpc) is 2.81. The van der Waals surface area contributed by atoms with E-state index < -0.39 is 5.97 Å². The topological polar surface area (TPSA) is 76.1 Å². The molecule has 0 atom stereocenters. The number of benzene rings is 1. The minimum atomic E-state index is -0.543. The van der Waals surface area contributed by atoms with Crippen molar-refractivity contribution in [1.29, 1.82) is 0 Å². The Morgan fingerprint density at radius 3 is 2.62 bits per heavy atom. The molecule has 1 heterocycles. The molecule has 0 saturated heterocycles. The third-order valence-electron chi connectivity index (χ3n) is 4.09. The number of phenols is 1. The lowest BCUT2D eigenvalue weighted by atomic mass is 10.0. The number of ether oxygens (including phenoxy) is 2. The SMILES string of the molecule is CCOC(=O)C1=C(C)N(CC(C)C)C(=O)/C1=C\c1cccc(OC)c1O. The molecule has 2 rings (SSSR count). The number of amides is 1. The van der Waals surface area contributed by atoms with Gasteiger partial charge in [-0.15, -0.1) is 0 Å². The minimum absolute atomic E-state index is 0.0847. The summed E-state index contributed by atoms with van der Waals surface area (Å²) in [6.45, 7) is 8.16. The van der Waals surface area contributed by atoms with E-state index in [1.165, 1.54) is 13.2 Å². The van der Waals surface area contributed by atoms with Crippen LogP contribution in [0.4, 0.5) is 0 Å². The van der Waals surface area contributed by atoms with Gasteiger partial charge >= 0.3 is 5.97 Å². The van der Waals surface area contributed by atoms with Crippen LogP contribution in [0.3, 0.4) is 0 Å². The lowest BCUT2D eigenvalue weighted by Gasteiger charge is -2.20. The number of para-hydroxylation sites is 1. The fraction of sp³-hybridized carbons (Fsp3) is 0.400. The largest absolute Gasteiger partial charge is 0.504 e. The standard InChI is InChI=1S/C20H25NO5/c1-6-26-20(24)17-13(4)21(11-12(2)3)19(23)15(17)10-14-8-7-9-16(25-5)18(14)22/h7-10,12,22H,6,11H2,1-5H3/b15-10-. The highest BCUT2D eigenvalue weighted by atomic mass is 16.5. The molecule has 0 saturated carbocycles. The summed E-state index contributed by atoms with van der Waals surface area (Å²) in [6.07, 6.45) is 1.51. The highest BCUT2D eigenvalue weighted by Gasteiger charge is 2.37. The van der Waals surface area contributed by atoms with Crippen LogP contribution >= 0.6 is 0 Å². The van der Waals surface area contributed by atoms with Crippen molar-refractivity contribution in [1.82, 2.24) is 4.90 Å². The normalized spacial score (nSPS) is 16.0. The van der Waals surface area contributed by atoms with Gasteiger partial charge in [-0.3, -0.25) is 4.79 Å². The van der Waals surface area contributed by atoms with Gasteiger partial charge in [-0.2, -0.15) is 0 Å². The van der Waals surface area contributed by atoms with Crippen LogP contribution < -0.4 is 4.74 Å². The Bertz CT molecular complexity index is 776. The Morgan fingerprint density at radius 2 is 2.04 bits per heavy atom. The number of hydrogen-bond donors (Lipinski definition) is 1. The van der Waals surface area contributed by atoms with Crippen molar-refractivity contribution in [3.05, 3.63) is 40.6 Å². The van der Waals surface area contributed by atoms with E-state index in [2.05, 4.69) is 0 Å². The Hall–Kier alpha value is -2.76. The third kappa shape index (κ3) is 3.74. The van der Waals surface area contributed by atoms with Gasteiger partial charge in [0.1, 0.15) is 0 Å². The predicted octanol–water partition coefficient (Wildman–Crippen LogP) is 3.12. The number of aromatic hydroxyl groups is 1. The highest BCUT2D eigenvalue weighted by Crippen LogP contribution is 2.36. The van der Waals surface area contributed by atoms with Crippen LogP contribution in [0, 0.1) is 5.92 Å². The van der Waals surface area contributed by atoms with E-state index in [-0.39, 0.29) is 35.3 Å². The fourth-order valence-corrected chi connectivity index (χ4v) is 2.89. The van der Waals surface area contributed by atoms with Crippen molar-refractivity contribution in [3.8, 4) is 11.5 Å². The molecule has 6 nitrogen and oxygen atoms in total. The second-order valence-corrected chi connectivity index (χ2v) is 6.45. The van der Waals surface area contributed by atoms with Gasteiger partial charge in [-0.25, -0.2) is 4.79 Å². The lowest BCUT2D eigenvalue weighted by Crippen LogP contribution is -2.28. The molecule has 0 fully saturated rings. The Labute approximate surface area is 153 Å². The Balaban J connectivity index is 2.57. The number of carbonyl (C=O) groups is 2. The van der Waals surface area contributed by atoms with E-state index in [0.717, 1.165) is 0 Å². The van der Waals surface area contributed by atoms with E-state index in [1.54, 1.807) is 36.9 Å². The van der Waals surface area contributed by atoms with E-state index >= 15 is 0 Å². The van der Waals surface area contributed by atoms with Gasteiger partial charge in [0, 0.05) is 17.8 Å². The van der Waals surface area contributed by atoms with Crippen LogP contribution in [0.1, 0.15) is 33.3 Å². The van der Waals surface area contributed by atoms with Gasteiger partial charge in [0.25, 0.3) is 5.91 Å². The molecule has 0 bridgehead atoms. The summed E-state index contributed by atoms with van der Waals surface area (Å²) in [6, 6.07) is 4.98. The first-order chi connectivity index (χ1) is 12.3. The average molecular weight is 359 g/mol. The molecule has 0 aliphatic carbocycles. The highest BCUT2D eigenvalue weighted by molar-refractivity contribution is 6.16. The van der Waals surface area contributed by atoms with E-state index in [1.807, 2.05) is 13.8 Å². The molecule has 1 aliphatic rings. The number of phenolic OH excluding ortho intramolecular Hbond substituents is 1. The predicted molar refractivity (Wildman–Crippen MR) is 98.5 cm³/mol. The second kappa shape index (κ2) is 8.08. The number of hydrogen-bond acceptors (Lipinski definition) is 5. The second-order valence-electron chi connectivity index (χ2n) is 6.45. The van der Waals surface area contributed by atoms with Crippen LogP contribution in [0.5, 0.6) is 11.5 Å². The van der Waals surface area contributed by atoms with Gasteiger partial charge in [0.05, 0.1) is 24.9 Å². The number of esters is 1. The maximum absolute atomic E-state index is 12.9. The van der Waals surface area contributed by atoms with Crippen LogP contribution in [0.25, 0.3) is 6.08 Å². The Kier molecular flexibility index (Phi) is 6.08. The smallest absolute Gasteiger partial charge is 0.340 e. The van der Waals surface area contributed by atoms with Crippen LogP contribution in [0.2, 0.25) is 0 Å². The van der Waals surface area contributed by atoms with E-state index in [0.29, 0.717) is 23.6 Å². The lowest BCUT2D eigenvalue weighted by molar-refractivity contribution is -0.138. The zero-order valence-electron chi connectivity index (χ0n) is 15.8. The molecule has 0 radical (unpaired) electrons. The van der Waals surface area contributed by atoms with Crippen LogP contribution in [-0.2, 0) is 14.3 Å². The molecule has 1 aliphatic heterocycles. The van der Waals surface area contributed by atoms with Crippen molar-refractivity contribution >= 4 is 18.0 Å². The summed E-state index contributed by atoms with van der Waals surface area (Å²) in [5.74, 6) is -0.373. The molecule has 1 N–H and O–H groups in total. The number of methoxy groups -OCH3 is 1. The molecule has 140 valence electrons. The quantitative estimate of drug-likeness (QED) is 0.624. The number of rotatable bonds is 6. The Morgan fingerprint density at radius 1 is 1.35 bits per heavy atom. The number of carbonyl (C=O) groups excluding carboxylic acids is 2. The van der Waals surface area contributed by atoms with Crippen molar-refractivity contribution in [2.24, 2.45) is 5.92 Å². The molecular weight excluding hydrogens is 334 g/mol. The maximum atomic E-state index is 12.9. The van der Waals surface area contributed by atoms with Crippen LogP contribution in [-0.4, -0.2) is 42.1 Å². The molecule has 1 aromatic rings. The summed E-state index contributed by atoms with van der Waals surface area (Å²) in [5, 5.41) is 10.3. The molecule has 0 spiro atoms. The van der Waals surface area contributed by atoms with Crippen molar-refractivity contribution in [2.75, 3.05) is 20.3 Å². The van der Waals surface area contributed by atoms with Crippen molar-refractivity contribution in [2.45, 2.75) is 27.7 Å². The van der Waals surface area contributed by atoms with Gasteiger partial charge in [-0.1, -0.05) is 26.0 Å². The van der Waals surface area contributed by atoms with Gasteiger partial charge in [0.15, 0.2) is 11.5 Å². The summed E-state index contributed by atoms with van der Waals surface area (Å²) in [7, 11) is 1.45. The fourth-order valence-electron chi connectivity index (χ4n) is 2.89. The molecular formula is C20H25NO5. The summed E-state index contributed by atoms with van der Waals surface area (Å²) < 4.78 is 10.2. The molecule has 26 heavy (non-hydrogen) atoms. The monoisotopic (exact) mass is 359 g/mol. The first kappa shape index (κ1) is 19.6.